The number of aryl methyl sites for hydroxylation is 1. The summed E-state index contributed by atoms with van der Waals surface area (Å²) in [5.41, 5.74) is 6.78. The van der Waals surface area contributed by atoms with Gasteiger partial charge in [-0.1, -0.05) is 48.5 Å². The lowest BCUT2D eigenvalue weighted by Gasteiger charge is -2.23. The highest BCUT2D eigenvalue weighted by Crippen LogP contribution is 2.35. The Morgan fingerprint density at radius 2 is 2.04 bits per heavy atom. The first-order valence-electron chi connectivity index (χ1n) is 8.24. The Hall–Kier alpha value is -2.32. The summed E-state index contributed by atoms with van der Waals surface area (Å²) in [7, 11) is 0. The molecule has 0 amide bonds. The Morgan fingerprint density at radius 3 is 2.83 bits per heavy atom. The van der Waals surface area contributed by atoms with Gasteiger partial charge in [0.25, 0.3) is 0 Å². The summed E-state index contributed by atoms with van der Waals surface area (Å²) in [4.78, 5) is 6.01. The number of nitrogens with one attached hydrogen (secondary N) is 1. The lowest BCUT2D eigenvalue weighted by atomic mass is 9.96. The van der Waals surface area contributed by atoms with Crippen LogP contribution in [0.5, 0.6) is 0 Å². The highest BCUT2D eigenvalue weighted by molar-refractivity contribution is 5.90. The van der Waals surface area contributed by atoms with Crippen molar-refractivity contribution in [3.8, 4) is 0 Å². The molecule has 1 aliphatic rings. The maximum absolute atomic E-state index is 4.09. The summed E-state index contributed by atoms with van der Waals surface area (Å²) in [5, 5.41) is 1.41. The first kappa shape index (κ1) is 14.3. The fourth-order valence-electron chi connectivity index (χ4n) is 3.76. The second-order valence-corrected chi connectivity index (χ2v) is 6.53. The molecule has 2 aromatic carbocycles. The molecule has 23 heavy (non-hydrogen) atoms. The number of rotatable bonds is 3. The molecule has 2 nitrogen and oxygen atoms in total. The van der Waals surface area contributed by atoms with E-state index in [2.05, 4.69) is 78.1 Å². The van der Waals surface area contributed by atoms with E-state index in [9.17, 15) is 0 Å². The molecule has 1 aromatic heterocycles. The van der Waals surface area contributed by atoms with Gasteiger partial charge in [0.05, 0.1) is 0 Å². The summed E-state index contributed by atoms with van der Waals surface area (Å²) in [6.07, 6.45) is 4.28. The predicted octanol–water partition coefficient (Wildman–Crippen LogP) is 4.76. The Labute approximate surface area is 137 Å². The van der Waals surface area contributed by atoms with Crippen LogP contribution in [0.25, 0.3) is 10.9 Å². The topological polar surface area (TPSA) is 19.0 Å². The third-order valence-electron chi connectivity index (χ3n) is 4.94. The minimum atomic E-state index is 0.371. The number of hydrogen-bond donors (Lipinski definition) is 1. The molecule has 0 fully saturated rings. The molecule has 0 aliphatic carbocycles. The molecule has 1 atom stereocenters. The Kier molecular flexibility index (Phi) is 3.55. The van der Waals surface area contributed by atoms with Crippen LogP contribution in [0, 0.1) is 6.92 Å². The largest absolute Gasteiger partial charge is 0.361 e. The molecule has 2 heterocycles. The summed E-state index contributed by atoms with van der Waals surface area (Å²) >= 11 is 0. The number of hydrogen-bond acceptors (Lipinski definition) is 1. The van der Waals surface area contributed by atoms with Gasteiger partial charge < -0.3 is 4.98 Å². The number of H-pyrrole nitrogens is 1. The van der Waals surface area contributed by atoms with Crippen LogP contribution in [-0.2, 0) is 13.1 Å². The van der Waals surface area contributed by atoms with Crippen molar-refractivity contribution in [1.82, 2.24) is 9.88 Å². The van der Waals surface area contributed by atoms with Crippen LogP contribution < -0.4 is 0 Å². The van der Waals surface area contributed by atoms with E-state index < -0.39 is 0 Å². The van der Waals surface area contributed by atoms with Crippen molar-refractivity contribution in [2.24, 2.45) is 0 Å². The van der Waals surface area contributed by atoms with Crippen LogP contribution in [0.2, 0.25) is 0 Å². The molecule has 0 unspecified atom stereocenters. The van der Waals surface area contributed by atoms with Crippen LogP contribution in [0.4, 0.5) is 0 Å². The van der Waals surface area contributed by atoms with Gasteiger partial charge in [-0.15, -0.1) is 6.58 Å². The van der Waals surface area contributed by atoms with E-state index in [0.717, 1.165) is 19.6 Å². The number of aromatic amines is 1. The van der Waals surface area contributed by atoms with Crippen molar-refractivity contribution in [3.05, 3.63) is 83.6 Å². The molecule has 4 rings (SSSR count). The third kappa shape index (κ3) is 2.49. The van der Waals surface area contributed by atoms with Crippen LogP contribution in [0.1, 0.15) is 28.2 Å². The smallest absolute Gasteiger partial charge is 0.0490 e. The summed E-state index contributed by atoms with van der Waals surface area (Å²) < 4.78 is 0. The lowest BCUT2D eigenvalue weighted by molar-refractivity contribution is 0.255. The van der Waals surface area contributed by atoms with Crippen LogP contribution in [-0.4, -0.2) is 16.4 Å². The van der Waals surface area contributed by atoms with Gasteiger partial charge in [-0.2, -0.15) is 0 Å². The summed E-state index contributed by atoms with van der Waals surface area (Å²) in [6.45, 7) is 9.25. The van der Waals surface area contributed by atoms with Gasteiger partial charge in [0.2, 0.25) is 0 Å². The zero-order valence-electron chi connectivity index (χ0n) is 13.5. The Balaban J connectivity index is 1.76. The van der Waals surface area contributed by atoms with E-state index in [1.165, 1.54) is 33.2 Å². The summed E-state index contributed by atoms with van der Waals surface area (Å²) in [5.74, 6) is 0.371. The van der Waals surface area contributed by atoms with Crippen molar-refractivity contribution >= 4 is 10.9 Å². The van der Waals surface area contributed by atoms with E-state index in [1.807, 2.05) is 0 Å². The van der Waals surface area contributed by atoms with Gasteiger partial charge in [0.15, 0.2) is 0 Å². The van der Waals surface area contributed by atoms with Crippen LogP contribution >= 0.6 is 0 Å². The fourth-order valence-corrected chi connectivity index (χ4v) is 3.76. The highest BCUT2D eigenvalue weighted by atomic mass is 15.1. The average Bonchev–Trinajstić information content (AvgIpc) is 2.95. The Bertz CT molecular complexity index is 845. The van der Waals surface area contributed by atoms with Crippen LogP contribution in [0.15, 0.2) is 61.3 Å². The minimum Gasteiger partial charge on any atom is -0.361 e. The monoisotopic (exact) mass is 302 g/mol. The average molecular weight is 302 g/mol. The minimum absolute atomic E-state index is 0.371. The van der Waals surface area contributed by atoms with E-state index in [4.69, 9.17) is 0 Å². The van der Waals surface area contributed by atoms with Crippen molar-refractivity contribution in [2.75, 3.05) is 6.54 Å². The molecule has 0 bridgehead atoms. The van der Waals surface area contributed by atoms with Crippen LogP contribution in [0.3, 0.4) is 0 Å². The molecule has 1 aliphatic heterocycles. The molecule has 0 spiro atoms. The molecule has 3 aromatic rings. The maximum atomic E-state index is 4.09. The van der Waals surface area contributed by atoms with Gasteiger partial charge in [-0.3, -0.25) is 4.90 Å². The van der Waals surface area contributed by atoms with Crippen molar-refractivity contribution < 1.29 is 0 Å². The van der Waals surface area contributed by atoms with E-state index >= 15 is 0 Å². The third-order valence-corrected chi connectivity index (χ3v) is 4.94. The highest BCUT2D eigenvalue weighted by Gasteiger charge is 2.24. The van der Waals surface area contributed by atoms with Gasteiger partial charge >= 0.3 is 0 Å². The second kappa shape index (κ2) is 5.71. The maximum Gasteiger partial charge on any atom is 0.0490 e. The zero-order valence-corrected chi connectivity index (χ0v) is 13.5. The standard InChI is InChI=1S/C21H22N2/c1-3-17-13-23(12-16-7-5-4-6-8-16)14-18-10-9-15(2)21-20(18)19(17)11-22-21/h3-11,17,22H,1,12-14H2,2H3/t17-/m0/s1. The Morgan fingerprint density at radius 1 is 1.22 bits per heavy atom. The molecule has 0 saturated carbocycles. The van der Waals surface area contributed by atoms with Gasteiger partial charge in [-0.05, 0) is 29.2 Å². The molecule has 1 N–H and O–H groups in total. The molecular formula is C21H22N2. The van der Waals surface area contributed by atoms with E-state index in [0.29, 0.717) is 5.92 Å². The number of benzene rings is 2. The number of aromatic nitrogens is 1. The van der Waals surface area contributed by atoms with Gasteiger partial charge in [-0.25, -0.2) is 0 Å². The predicted molar refractivity (Wildman–Crippen MR) is 96.5 cm³/mol. The van der Waals surface area contributed by atoms with E-state index in [1.54, 1.807) is 0 Å². The first-order chi connectivity index (χ1) is 11.3. The zero-order chi connectivity index (χ0) is 15.8. The first-order valence-corrected chi connectivity index (χ1v) is 8.24. The fraction of sp³-hybridized carbons (Fsp3) is 0.238. The molecule has 0 radical (unpaired) electrons. The van der Waals surface area contributed by atoms with E-state index in [-0.39, 0.29) is 0 Å². The lowest BCUT2D eigenvalue weighted by Crippen LogP contribution is -2.25. The van der Waals surface area contributed by atoms with Crippen molar-refractivity contribution in [2.45, 2.75) is 25.9 Å². The van der Waals surface area contributed by atoms with Gasteiger partial charge in [0, 0.05) is 42.7 Å². The normalized spacial score (nSPS) is 18.0. The molecule has 116 valence electrons. The SMILES string of the molecule is C=C[C@H]1CN(Cc2ccccc2)Cc2ccc(C)c3[nH]cc1c23. The quantitative estimate of drug-likeness (QED) is 0.691. The molecule has 2 heteroatoms. The second-order valence-electron chi connectivity index (χ2n) is 6.53. The van der Waals surface area contributed by atoms with Crippen molar-refractivity contribution in [1.29, 1.82) is 0 Å². The summed E-state index contributed by atoms with van der Waals surface area (Å²) in [6, 6.07) is 15.2. The van der Waals surface area contributed by atoms with Crippen molar-refractivity contribution in [3.63, 3.8) is 0 Å². The molecular weight excluding hydrogens is 280 g/mol. The van der Waals surface area contributed by atoms with Gasteiger partial charge in [0.1, 0.15) is 0 Å². The molecule has 0 saturated heterocycles. The number of nitrogens with zero attached hydrogens (tertiary/aromatic N) is 1.